The maximum Gasteiger partial charge on any atom is 0.258 e. The molecule has 0 bridgehead atoms. The van der Waals surface area contributed by atoms with Crippen LogP contribution in [0.4, 0.5) is 0 Å². The van der Waals surface area contributed by atoms with Crippen LogP contribution in [0.5, 0.6) is 11.5 Å². The van der Waals surface area contributed by atoms with Crippen molar-refractivity contribution in [1.29, 1.82) is 0 Å². The van der Waals surface area contributed by atoms with E-state index < -0.39 is 6.10 Å². The molecule has 0 aliphatic heterocycles. The van der Waals surface area contributed by atoms with Crippen LogP contribution < -0.4 is 14.8 Å². The predicted molar refractivity (Wildman–Crippen MR) is 139 cm³/mol. The van der Waals surface area contributed by atoms with E-state index >= 15 is 0 Å². The molecule has 1 aliphatic carbocycles. The van der Waals surface area contributed by atoms with Crippen LogP contribution in [-0.2, 0) is 18.3 Å². The summed E-state index contributed by atoms with van der Waals surface area (Å²) in [7, 11) is 3.38. The van der Waals surface area contributed by atoms with Gasteiger partial charge < -0.3 is 19.9 Å². The molecule has 3 N–H and O–H groups in total. The number of carbonyl (C=O) groups excluding carboxylic acids is 1. The van der Waals surface area contributed by atoms with Gasteiger partial charge in [-0.05, 0) is 42.7 Å². The molecule has 1 saturated carbocycles. The minimum Gasteiger partial charge on any atom is -0.493 e. The lowest BCUT2D eigenvalue weighted by Crippen LogP contribution is -2.46. The lowest BCUT2D eigenvalue weighted by atomic mass is 9.92. The summed E-state index contributed by atoms with van der Waals surface area (Å²) in [5.74, 6) is 1.90. The first-order valence-corrected chi connectivity index (χ1v) is 12.6. The second-order valence-corrected chi connectivity index (χ2v) is 9.58. The van der Waals surface area contributed by atoms with Crippen molar-refractivity contribution in [1.82, 2.24) is 30.3 Å². The molecule has 11 heteroatoms. The van der Waals surface area contributed by atoms with Crippen molar-refractivity contribution in [3.8, 4) is 22.9 Å². The Morgan fingerprint density at radius 2 is 2.08 bits per heavy atom. The molecule has 2 heterocycles. The Balaban J connectivity index is 1.27. The van der Waals surface area contributed by atoms with Crippen molar-refractivity contribution < 1.29 is 19.4 Å². The molecule has 5 rings (SSSR count). The summed E-state index contributed by atoms with van der Waals surface area (Å²) >= 11 is 6.59. The number of fused-ring (bicyclic) bond motifs is 1. The second-order valence-electron chi connectivity index (χ2n) is 9.20. The van der Waals surface area contributed by atoms with Crippen LogP contribution in [0.25, 0.3) is 22.3 Å². The fourth-order valence-electron chi connectivity index (χ4n) is 4.63. The van der Waals surface area contributed by atoms with Crippen molar-refractivity contribution in [2.75, 3.05) is 13.7 Å². The van der Waals surface area contributed by atoms with Gasteiger partial charge in [0.25, 0.3) is 5.91 Å². The summed E-state index contributed by atoms with van der Waals surface area (Å²) in [5.41, 5.74) is 2.56. The monoisotopic (exact) mass is 524 g/mol. The first-order valence-electron chi connectivity index (χ1n) is 12.2. The third kappa shape index (κ3) is 5.40. The standard InChI is InChI=1S/C26H29ClN6O4/c1-33-23(12-15-7-9-18-17(25(15)27)13-28-31-18)30-26(32-33)16-8-10-21(22(11-16)36-2)37-14-24(35)29-19-5-3-4-6-20(19)34/h7-11,13,19-20,34H,3-6,12,14H2,1-2H3,(H,28,31)(H,29,35). The molecule has 4 aromatic rings. The lowest BCUT2D eigenvalue weighted by molar-refractivity contribution is -0.125. The number of hydrogen-bond donors (Lipinski definition) is 3. The van der Waals surface area contributed by atoms with Gasteiger partial charge in [-0.2, -0.15) is 10.2 Å². The lowest BCUT2D eigenvalue weighted by Gasteiger charge is -2.28. The number of aryl methyl sites for hydroxylation is 1. The summed E-state index contributed by atoms with van der Waals surface area (Å²) in [6, 6.07) is 9.01. The zero-order valence-corrected chi connectivity index (χ0v) is 21.5. The number of methoxy groups -OCH3 is 1. The molecule has 37 heavy (non-hydrogen) atoms. The van der Waals surface area contributed by atoms with E-state index in [0.29, 0.717) is 35.2 Å². The zero-order chi connectivity index (χ0) is 25.9. The number of hydrogen-bond acceptors (Lipinski definition) is 7. The number of aliphatic hydroxyl groups excluding tert-OH is 1. The summed E-state index contributed by atoms with van der Waals surface area (Å²) < 4.78 is 13.0. The molecule has 1 fully saturated rings. The van der Waals surface area contributed by atoms with E-state index in [1.54, 1.807) is 23.0 Å². The second kappa shape index (κ2) is 10.8. The Hall–Kier alpha value is -3.63. The first kappa shape index (κ1) is 25.0. The van der Waals surface area contributed by atoms with Crippen LogP contribution >= 0.6 is 11.6 Å². The van der Waals surface area contributed by atoms with Gasteiger partial charge in [-0.25, -0.2) is 4.98 Å². The number of aliphatic hydroxyl groups is 1. The number of halogens is 1. The highest BCUT2D eigenvalue weighted by Gasteiger charge is 2.24. The van der Waals surface area contributed by atoms with Crippen molar-refractivity contribution in [2.24, 2.45) is 7.05 Å². The molecule has 1 amide bonds. The van der Waals surface area contributed by atoms with Crippen molar-refractivity contribution in [3.63, 3.8) is 0 Å². The largest absolute Gasteiger partial charge is 0.493 e. The molecule has 2 aromatic carbocycles. The SMILES string of the molecule is COc1cc(-c2nc(Cc3ccc4[nH]ncc4c3Cl)n(C)n2)ccc1OCC(=O)NC1CCCCC1O. The molecule has 2 unspecified atom stereocenters. The zero-order valence-electron chi connectivity index (χ0n) is 20.7. The normalized spacial score (nSPS) is 17.6. The summed E-state index contributed by atoms with van der Waals surface area (Å²) in [6.45, 7) is -0.174. The highest BCUT2D eigenvalue weighted by atomic mass is 35.5. The third-order valence-electron chi connectivity index (χ3n) is 6.70. The van der Waals surface area contributed by atoms with Gasteiger partial charge in [-0.3, -0.25) is 14.6 Å². The molecule has 2 aromatic heterocycles. The average Bonchev–Trinajstić information content (AvgIpc) is 3.53. The Morgan fingerprint density at radius 3 is 2.89 bits per heavy atom. The van der Waals surface area contributed by atoms with E-state index in [2.05, 4.69) is 20.6 Å². The Bertz CT molecular complexity index is 1420. The van der Waals surface area contributed by atoms with Gasteiger partial charge in [0.2, 0.25) is 0 Å². The van der Waals surface area contributed by atoms with Crippen LogP contribution in [0.1, 0.15) is 37.1 Å². The maximum atomic E-state index is 12.4. The maximum absolute atomic E-state index is 12.4. The van der Waals surface area contributed by atoms with Gasteiger partial charge in [-0.15, -0.1) is 0 Å². The smallest absolute Gasteiger partial charge is 0.258 e. The number of carbonyl (C=O) groups is 1. The van der Waals surface area contributed by atoms with Gasteiger partial charge in [0.1, 0.15) is 5.82 Å². The number of aromatic nitrogens is 5. The van der Waals surface area contributed by atoms with Gasteiger partial charge in [0, 0.05) is 24.4 Å². The van der Waals surface area contributed by atoms with E-state index in [1.807, 2.05) is 25.2 Å². The number of nitrogens with one attached hydrogen (secondary N) is 2. The average molecular weight is 525 g/mol. The van der Waals surface area contributed by atoms with Crippen molar-refractivity contribution in [3.05, 3.63) is 52.9 Å². The highest BCUT2D eigenvalue weighted by molar-refractivity contribution is 6.36. The first-order chi connectivity index (χ1) is 17.9. The van der Waals surface area contributed by atoms with Crippen LogP contribution in [0.2, 0.25) is 5.02 Å². The van der Waals surface area contributed by atoms with Crippen LogP contribution in [0.15, 0.2) is 36.5 Å². The predicted octanol–water partition coefficient (Wildman–Crippen LogP) is 3.41. The number of benzene rings is 2. The van der Waals surface area contributed by atoms with Crippen molar-refractivity contribution in [2.45, 2.75) is 44.2 Å². The molecule has 10 nitrogen and oxygen atoms in total. The molecular weight excluding hydrogens is 496 g/mol. The van der Waals surface area contributed by atoms with Crippen LogP contribution in [0, 0.1) is 0 Å². The number of ether oxygens (including phenoxy) is 2. The molecule has 1 aliphatic rings. The van der Waals surface area contributed by atoms with E-state index in [-0.39, 0.29) is 18.6 Å². The van der Waals surface area contributed by atoms with Gasteiger partial charge in [0.05, 0.1) is 36.0 Å². The third-order valence-corrected chi connectivity index (χ3v) is 7.14. The molecule has 2 atom stereocenters. The van der Waals surface area contributed by atoms with Crippen LogP contribution in [-0.4, -0.2) is 61.8 Å². The van der Waals surface area contributed by atoms with E-state index in [1.165, 1.54) is 7.11 Å². The van der Waals surface area contributed by atoms with Gasteiger partial charge in [-0.1, -0.05) is 30.5 Å². The summed E-state index contributed by atoms with van der Waals surface area (Å²) in [4.78, 5) is 17.1. The van der Waals surface area contributed by atoms with E-state index in [0.717, 1.165) is 47.1 Å². The van der Waals surface area contributed by atoms with Gasteiger partial charge in [0.15, 0.2) is 23.9 Å². The Morgan fingerprint density at radius 1 is 1.24 bits per heavy atom. The molecular formula is C26H29ClN6O4. The quantitative estimate of drug-likeness (QED) is 0.322. The minimum absolute atomic E-state index is 0.174. The number of H-pyrrole nitrogens is 1. The number of aromatic amines is 1. The molecule has 0 spiro atoms. The van der Waals surface area contributed by atoms with Gasteiger partial charge >= 0.3 is 0 Å². The molecule has 194 valence electrons. The van der Waals surface area contributed by atoms with Crippen molar-refractivity contribution >= 4 is 28.4 Å². The van der Waals surface area contributed by atoms with E-state index in [4.69, 9.17) is 26.1 Å². The summed E-state index contributed by atoms with van der Waals surface area (Å²) in [5, 5.41) is 26.0. The van der Waals surface area contributed by atoms with E-state index in [9.17, 15) is 9.90 Å². The fourth-order valence-corrected chi connectivity index (χ4v) is 4.91. The Labute approximate surface area is 218 Å². The molecule has 0 saturated heterocycles. The highest BCUT2D eigenvalue weighted by Crippen LogP contribution is 2.32. The minimum atomic E-state index is -0.508. The number of rotatable bonds is 8. The molecule has 0 radical (unpaired) electrons. The topological polar surface area (TPSA) is 127 Å². The fraction of sp³-hybridized carbons (Fsp3) is 0.385. The summed E-state index contributed by atoms with van der Waals surface area (Å²) in [6.07, 6.45) is 5.16. The number of amides is 1. The Kier molecular flexibility index (Phi) is 7.29. The number of nitrogens with zero attached hydrogens (tertiary/aromatic N) is 4. The van der Waals surface area contributed by atoms with Crippen LogP contribution in [0.3, 0.4) is 0 Å².